The van der Waals surface area contributed by atoms with Crippen LogP contribution in [0.1, 0.15) is 47.5 Å². The molecule has 140 valence electrons. The van der Waals surface area contributed by atoms with Gasteiger partial charge in [-0.05, 0) is 70.7 Å². The maximum Gasteiger partial charge on any atom is 0.152 e. The van der Waals surface area contributed by atoms with E-state index in [1.165, 1.54) is 6.42 Å². The van der Waals surface area contributed by atoms with E-state index in [2.05, 4.69) is 79.0 Å². The number of rotatable bonds is 2. The van der Waals surface area contributed by atoms with Crippen molar-refractivity contribution >= 4 is 16.7 Å². The van der Waals surface area contributed by atoms with E-state index < -0.39 is 0 Å². The first kappa shape index (κ1) is 17.9. The molecule has 27 heavy (non-hydrogen) atoms. The zero-order valence-corrected chi connectivity index (χ0v) is 16.9. The van der Waals surface area contributed by atoms with E-state index in [1.807, 2.05) is 24.4 Å². The highest BCUT2D eigenvalue weighted by atomic mass is 15.3. The number of pyridine rings is 1. The highest BCUT2D eigenvalue weighted by Gasteiger charge is 2.46. The molecule has 0 bridgehead atoms. The Bertz CT molecular complexity index is 960. The number of piperidine rings is 1. The second kappa shape index (κ2) is 6.29. The van der Waals surface area contributed by atoms with Crippen LogP contribution in [0.4, 0.5) is 5.82 Å². The zero-order chi connectivity index (χ0) is 19.2. The van der Waals surface area contributed by atoms with Gasteiger partial charge >= 0.3 is 0 Å². The summed E-state index contributed by atoms with van der Waals surface area (Å²) in [6.45, 7) is 11.6. The SMILES string of the molecule is CC1CCC(C)(C)N(c2ccc(-c3cnc4ccccc4c3)nn2)C1(C)C. The molecule has 1 saturated heterocycles. The average molecular weight is 361 g/mol. The van der Waals surface area contributed by atoms with E-state index in [0.717, 1.165) is 34.4 Å². The first-order chi connectivity index (χ1) is 12.8. The lowest BCUT2D eigenvalue weighted by molar-refractivity contribution is 0.174. The molecule has 1 aromatic carbocycles. The second-order valence-electron chi connectivity index (χ2n) is 8.93. The quantitative estimate of drug-likeness (QED) is 0.606. The number of para-hydroxylation sites is 1. The first-order valence-electron chi connectivity index (χ1n) is 9.78. The number of fused-ring (bicyclic) bond motifs is 1. The number of benzene rings is 1. The Morgan fingerprint density at radius 2 is 1.78 bits per heavy atom. The molecular formula is C23H28N4. The Kier molecular flexibility index (Phi) is 4.17. The average Bonchev–Trinajstić information content (AvgIpc) is 2.65. The summed E-state index contributed by atoms with van der Waals surface area (Å²) < 4.78 is 0. The van der Waals surface area contributed by atoms with Crippen molar-refractivity contribution in [3.05, 3.63) is 48.7 Å². The molecule has 0 N–H and O–H groups in total. The monoisotopic (exact) mass is 360 g/mol. The lowest BCUT2D eigenvalue weighted by Gasteiger charge is -2.56. The highest BCUT2D eigenvalue weighted by molar-refractivity contribution is 5.82. The summed E-state index contributed by atoms with van der Waals surface area (Å²) >= 11 is 0. The molecule has 1 fully saturated rings. The van der Waals surface area contributed by atoms with Crippen molar-refractivity contribution in [2.45, 2.75) is 58.5 Å². The van der Waals surface area contributed by atoms with Crippen molar-refractivity contribution in [2.24, 2.45) is 5.92 Å². The van der Waals surface area contributed by atoms with Gasteiger partial charge in [-0.1, -0.05) is 25.1 Å². The molecule has 2 aromatic heterocycles. The molecule has 4 nitrogen and oxygen atoms in total. The smallest absolute Gasteiger partial charge is 0.152 e. The van der Waals surface area contributed by atoms with Crippen molar-refractivity contribution in [1.82, 2.24) is 15.2 Å². The summed E-state index contributed by atoms with van der Waals surface area (Å²) in [4.78, 5) is 7.01. The first-order valence-corrected chi connectivity index (χ1v) is 9.78. The van der Waals surface area contributed by atoms with Crippen LogP contribution >= 0.6 is 0 Å². The van der Waals surface area contributed by atoms with Gasteiger partial charge in [-0.3, -0.25) is 4.98 Å². The molecular weight excluding hydrogens is 332 g/mol. The van der Waals surface area contributed by atoms with E-state index >= 15 is 0 Å². The van der Waals surface area contributed by atoms with Crippen LogP contribution in [-0.2, 0) is 0 Å². The zero-order valence-electron chi connectivity index (χ0n) is 16.9. The molecule has 0 radical (unpaired) electrons. The van der Waals surface area contributed by atoms with Crippen LogP contribution in [0, 0.1) is 5.92 Å². The van der Waals surface area contributed by atoms with Crippen molar-refractivity contribution in [3.8, 4) is 11.3 Å². The number of aromatic nitrogens is 3. The fourth-order valence-corrected chi connectivity index (χ4v) is 4.45. The predicted octanol–water partition coefficient (Wildman–Crippen LogP) is 5.49. The minimum Gasteiger partial charge on any atom is -0.345 e. The van der Waals surface area contributed by atoms with Crippen LogP contribution in [0.25, 0.3) is 22.2 Å². The fraction of sp³-hybridized carbons (Fsp3) is 0.435. The molecule has 1 aliphatic rings. The van der Waals surface area contributed by atoms with Crippen LogP contribution in [0.15, 0.2) is 48.7 Å². The van der Waals surface area contributed by atoms with Crippen LogP contribution in [0.5, 0.6) is 0 Å². The Morgan fingerprint density at radius 3 is 2.52 bits per heavy atom. The second-order valence-corrected chi connectivity index (χ2v) is 8.93. The Hall–Kier alpha value is -2.49. The molecule has 1 atom stereocenters. The Morgan fingerprint density at radius 1 is 1.00 bits per heavy atom. The van der Waals surface area contributed by atoms with Crippen LogP contribution in [0.3, 0.4) is 0 Å². The molecule has 0 aliphatic carbocycles. The van der Waals surface area contributed by atoms with Gasteiger partial charge in [0.2, 0.25) is 0 Å². The van der Waals surface area contributed by atoms with Crippen LogP contribution in [-0.4, -0.2) is 26.3 Å². The molecule has 1 unspecified atom stereocenters. The van der Waals surface area contributed by atoms with Gasteiger partial charge in [0.1, 0.15) is 0 Å². The molecule has 3 heterocycles. The minimum atomic E-state index is 0.0441. The van der Waals surface area contributed by atoms with Gasteiger partial charge < -0.3 is 4.90 Å². The highest BCUT2D eigenvalue weighted by Crippen LogP contribution is 2.44. The summed E-state index contributed by atoms with van der Waals surface area (Å²) in [5, 5.41) is 10.3. The van der Waals surface area contributed by atoms with E-state index in [1.54, 1.807) is 0 Å². The predicted molar refractivity (Wildman–Crippen MR) is 112 cm³/mol. The maximum absolute atomic E-state index is 4.63. The maximum atomic E-state index is 4.63. The molecule has 0 saturated carbocycles. The van der Waals surface area contributed by atoms with Gasteiger partial charge in [0.25, 0.3) is 0 Å². The van der Waals surface area contributed by atoms with Crippen molar-refractivity contribution in [3.63, 3.8) is 0 Å². The van der Waals surface area contributed by atoms with Gasteiger partial charge in [-0.25, -0.2) is 0 Å². The molecule has 4 heteroatoms. The minimum absolute atomic E-state index is 0.0441. The largest absolute Gasteiger partial charge is 0.345 e. The van der Waals surface area contributed by atoms with Crippen LogP contribution in [0.2, 0.25) is 0 Å². The normalized spacial score (nSPS) is 21.4. The lowest BCUT2D eigenvalue weighted by atomic mass is 9.73. The Labute approximate surface area is 161 Å². The van der Waals surface area contributed by atoms with Crippen molar-refractivity contribution in [2.75, 3.05) is 4.90 Å². The van der Waals surface area contributed by atoms with E-state index in [0.29, 0.717) is 5.92 Å². The Balaban J connectivity index is 1.70. The summed E-state index contributed by atoms with van der Waals surface area (Å²) in [6, 6.07) is 14.4. The van der Waals surface area contributed by atoms with Gasteiger partial charge in [0, 0.05) is 28.2 Å². The summed E-state index contributed by atoms with van der Waals surface area (Å²) in [5.74, 6) is 1.56. The fourth-order valence-electron chi connectivity index (χ4n) is 4.45. The summed E-state index contributed by atoms with van der Waals surface area (Å²) in [5.41, 5.74) is 2.96. The molecule has 3 aromatic rings. The van der Waals surface area contributed by atoms with Gasteiger partial charge in [-0.2, -0.15) is 0 Å². The number of anilines is 1. The number of nitrogens with zero attached hydrogens (tertiary/aromatic N) is 4. The topological polar surface area (TPSA) is 41.9 Å². The van der Waals surface area contributed by atoms with E-state index in [4.69, 9.17) is 0 Å². The summed E-state index contributed by atoms with van der Waals surface area (Å²) in [6.07, 6.45) is 4.28. The van der Waals surface area contributed by atoms with Gasteiger partial charge in [-0.15, -0.1) is 10.2 Å². The molecule has 4 rings (SSSR count). The van der Waals surface area contributed by atoms with E-state index in [9.17, 15) is 0 Å². The third kappa shape index (κ3) is 3.07. The standard InChI is InChI=1S/C23H28N4/c1-16-12-13-22(2,3)27(23(16,4)5)21-11-10-20(25-26-21)18-14-17-8-6-7-9-19(17)24-15-18/h6-11,14-16H,12-13H2,1-5H3. The molecule has 1 aliphatic heterocycles. The number of hydrogen-bond donors (Lipinski definition) is 0. The molecule has 0 spiro atoms. The van der Waals surface area contributed by atoms with Gasteiger partial charge in [0.05, 0.1) is 11.2 Å². The van der Waals surface area contributed by atoms with Crippen molar-refractivity contribution < 1.29 is 0 Å². The van der Waals surface area contributed by atoms with E-state index in [-0.39, 0.29) is 11.1 Å². The van der Waals surface area contributed by atoms with Crippen molar-refractivity contribution in [1.29, 1.82) is 0 Å². The lowest BCUT2D eigenvalue weighted by Crippen LogP contribution is -2.62. The van der Waals surface area contributed by atoms with Crippen LogP contribution < -0.4 is 4.90 Å². The number of hydrogen-bond acceptors (Lipinski definition) is 4. The summed E-state index contributed by atoms with van der Waals surface area (Å²) in [7, 11) is 0. The third-order valence-corrected chi connectivity index (χ3v) is 6.34. The molecule has 0 amide bonds. The third-order valence-electron chi connectivity index (χ3n) is 6.34. The van der Waals surface area contributed by atoms with Gasteiger partial charge in [0.15, 0.2) is 5.82 Å².